The zero-order valence-corrected chi connectivity index (χ0v) is 11.1. The second kappa shape index (κ2) is 6.87. The van der Waals surface area contributed by atoms with Crippen LogP contribution in [0, 0.1) is 11.7 Å². The van der Waals surface area contributed by atoms with Gasteiger partial charge < -0.3 is 15.6 Å². The number of halogens is 1. The van der Waals surface area contributed by atoms with E-state index < -0.39 is 6.10 Å². The molecule has 3 nitrogen and oxygen atoms in total. The second-order valence-electron chi connectivity index (χ2n) is 5.31. The van der Waals surface area contributed by atoms with Crippen LogP contribution in [0.2, 0.25) is 0 Å². The Morgan fingerprint density at radius 2 is 2.11 bits per heavy atom. The molecule has 1 saturated carbocycles. The molecule has 19 heavy (non-hydrogen) atoms. The van der Waals surface area contributed by atoms with Gasteiger partial charge in [-0.05, 0) is 30.5 Å². The molecule has 1 aromatic carbocycles. The van der Waals surface area contributed by atoms with Crippen LogP contribution in [-0.2, 0) is 6.54 Å². The van der Waals surface area contributed by atoms with E-state index >= 15 is 0 Å². The first-order valence-corrected chi connectivity index (χ1v) is 6.98. The van der Waals surface area contributed by atoms with Crippen molar-refractivity contribution in [2.45, 2.75) is 44.8 Å². The van der Waals surface area contributed by atoms with Crippen LogP contribution in [0.3, 0.4) is 0 Å². The lowest BCUT2D eigenvalue weighted by atomic mass is 10.0. The van der Waals surface area contributed by atoms with Gasteiger partial charge in [0.15, 0.2) is 0 Å². The predicted octanol–water partition coefficient (Wildman–Crippen LogP) is 2.60. The first-order chi connectivity index (χ1) is 9.19. The molecule has 1 fully saturated rings. The number of aliphatic hydroxyl groups excluding tert-OH is 1. The Kier molecular flexibility index (Phi) is 5.16. The minimum atomic E-state index is -0.459. The van der Waals surface area contributed by atoms with Crippen LogP contribution in [0.25, 0.3) is 0 Å². The lowest BCUT2D eigenvalue weighted by molar-refractivity contribution is 0.0851. The molecular weight excluding hydrogens is 245 g/mol. The van der Waals surface area contributed by atoms with Gasteiger partial charge in [-0.25, -0.2) is 4.39 Å². The summed E-state index contributed by atoms with van der Waals surface area (Å²) in [5, 5.41) is 9.96. The Morgan fingerprint density at radius 1 is 1.37 bits per heavy atom. The Bertz CT molecular complexity index is 405. The monoisotopic (exact) mass is 267 g/mol. The summed E-state index contributed by atoms with van der Waals surface area (Å²) in [5.74, 6) is 0.870. The van der Waals surface area contributed by atoms with Crippen LogP contribution >= 0.6 is 0 Å². The van der Waals surface area contributed by atoms with E-state index in [2.05, 4.69) is 0 Å². The Morgan fingerprint density at radius 3 is 2.79 bits per heavy atom. The summed E-state index contributed by atoms with van der Waals surface area (Å²) in [5.41, 5.74) is 6.18. The van der Waals surface area contributed by atoms with Crippen molar-refractivity contribution in [3.05, 3.63) is 29.6 Å². The zero-order chi connectivity index (χ0) is 13.7. The Labute approximate surface area is 113 Å². The van der Waals surface area contributed by atoms with Crippen LogP contribution in [0.5, 0.6) is 5.75 Å². The number of ether oxygens (including phenoxy) is 1. The van der Waals surface area contributed by atoms with Crippen LogP contribution < -0.4 is 10.5 Å². The number of rotatable bonds is 6. The topological polar surface area (TPSA) is 55.5 Å². The fraction of sp³-hybridized carbons (Fsp3) is 0.600. The number of benzene rings is 1. The highest BCUT2D eigenvalue weighted by Gasteiger charge is 2.19. The van der Waals surface area contributed by atoms with Crippen LogP contribution in [-0.4, -0.2) is 17.8 Å². The molecule has 1 unspecified atom stereocenters. The normalized spacial score (nSPS) is 17.6. The van der Waals surface area contributed by atoms with Crippen molar-refractivity contribution in [2.24, 2.45) is 11.7 Å². The maximum atomic E-state index is 13.0. The van der Waals surface area contributed by atoms with Gasteiger partial charge in [-0.15, -0.1) is 0 Å². The van der Waals surface area contributed by atoms with E-state index in [1.165, 1.54) is 37.8 Å². The predicted molar refractivity (Wildman–Crippen MR) is 72.4 cm³/mol. The molecule has 0 aliphatic heterocycles. The summed E-state index contributed by atoms with van der Waals surface area (Å²) in [6, 6.07) is 4.29. The summed E-state index contributed by atoms with van der Waals surface area (Å²) < 4.78 is 18.6. The van der Waals surface area contributed by atoms with Crippen molar-refractivity contribution in [1.29, 1.82) is 0 Å². The molecule has 1 aliphatic rings. The molecule has 1 atom stereocenters. The van der Waals surface area contributed by atoms with Crippen molar-refractivity contribution < 1.29 is 14.2 Å². The van der Waals surface area contributed by atoms with E-state index in [4.69, 9.17) is 10.5 Å². The molecule has 0 amide bonds. The second-order valence-corrected chi connectivity index (χ2v) is 5.31. The third kappa shape index (κ3) is 4.18. The van der Waals surface area contributed by atoms with E-state index in [9.17, 15) is 9.50 Å². The molecule has 0 bridgehead atoms. The summed E-state index contributed by atoms with van der Waals surface area (Å²) in [6.07, 6.45) is 5.29. The average Bonchev–Trinajstić information content (AvgIpc) is 2.90. The third-order valence-corrected chi connectivity index (χ3v) is 3.75. The molecule has 2 rings (SSSR count). The average molecular weight is 267 g/mol. The van der Waals surface area contributed by atoms with Crippen molar-refractivity contribution in [3.8, 4) is 5.75 Å². The van der Waals surface area contributed by atoms with E-state index in [0.717, 1.165) is 6.42 Å². The van der Waals surface area contributed by atoms with Gasteiger partial charge in [0.05, 0.1) is 6.10 Å². The van der Waals surface area contributed by atoms with Gasteiger partial charge in [0.1, 0.15) is 18.2 Å². The van der Waals surface area contributed by atoms with Crippen molar-refractivity contribution in [1.82, 2.24) is 0 Å². The first kappa shape index (κ1) is 14.3. The number of hydrogen-bond donors (Lipinski definition) is 2. The highest BCUT2D eigenvalue weighted by Crippen LogP contribution is 2.29. The maximum Gasteiger partial charge on any atom is 0.124 e. The van der Waals surface area contributed by atoms with E-state index in [1.54, 1.807) is 6.07 Å². The Hall–Kier alpha value is -1.13. The summed E-state index contributed by atoms with van der Waals surface area (Å²) in [4.78, 5) is 0. The molecule has 0 radical (unpaired) electrons. The molecule has 0 heterocycles. The van der Waals surface area contributed by atoms with Gasteiger partial charge >= 0.3 is 0 Å². The largest absolute Gasteiger partial charge is 0.491 e. The molecule has 1 aliphatic carbocycles. The van der Waals surface area contributed by atoms with Gasteiger partial charge in [-0.2, -0.15) is 0 Å². The molecular formula is C15H22FNO2. The molecule has 3 N–H and O–H groups in total. The van der Waals surface area contributed by atoms with Crippen molar-refractivity contribution >= 4 is 0 Å². The fourth-order valence-electron chi connectivity index (χ4n) is 2.73. The summed E-state index contributed by atoms with van der Waals surface area (Å²) in [7, 11) is 0. The molecule has 0 aromatic heterocycles. The molecule has 0 saturated heterocycles. The number of nitrogens with two attached hydrogens (primary N) is 1. The SMILES string of the molecule is NCc1cc(F)ccc1OCC(O)CC1CCCC1. The van der Waals surface area contributed by atoms with E-state index in [1.807, 2.05) is 0 Å². The number of hydrogen-bond acceptors (Lipinski definition) is 3. The standard InChI is InChI=1S/C15H22FNO2/c16-13-5-6-15(12(8-13)9-17)19-10-14(18)7-11-3-1-2-4-11/h5-6,8,11,14,18H,1-4,7,9-10,17H2. The smallest absolute Gasteiger partial charge is 0.124 e. The van der Waals surface area contributed by atoms with Gasteiger partial charge in [0.25, 0.3) is 0 Å². The van der Waals surface area contributed by atoms with Crippen LogP contribution in [0.1, 0.15) is 37.7 Å². The van der Waals surface area contributed by atoms with Gasteiger partial charge in [0.2, 0.25) is 0 Å². The maximum absolute atomic E-state index is 13.0. The molecule has 106 valence electrons. The molecule has 0 spiro atoms. The summed E-state index contributed by atoms with van der Waals surface area (Å²) in [6.45, 7) is 0.473. The lowest BCUT2D eigenvalue weighted by Crippen LogP contribution is -2.21. The van der Waals surface area contributed by atoms with Crippen LogP contribution in [0.15, 0.2) is 18.2 Å². The highest BCUT2D eigenvalue weighted by atomic mass is 19.1. The fourth-order valence-corrected chi connectivity index (χ4v) is 2.73. The molecule has 4 heteroatoms. The van der Waals surface area contributed by atoms with Gasteiger partial charge in [-0.1, -0.05) is 25.7 Å². The quantitative estimate of drug-likeness (QED) is 0.833. The minimum Gasteiger partial charge on any atom is -0.491 e. The summed E-state index contributed by atoms with van der Waals surface area (Å²) >= 11 is 0. The molecule has 1 aromatic rings. The highest BCUT2D eigenvalue weighted by molar-refractivity contribution is 5.33. The van der Waals surface area contributed by atoms with E-state index in [-0.39, 0.29) is 19.0 Å². The minimum absolute atomic E-state index is 0.228. The zero-order valence-electron chi connectivity index (χ0n) is 11.1. The van der Waals surface area contributed by atoms with Gasteiger partial charge in [-0.3, -0.25) is 0 Å². The van der Waals surface area contributed by atoms with Gasteiger partial charge in [0, 0.05) is 12.1 Å². The lowest BCUT2D eigenvalue weighted by Gasteiger charge is -2.17. The van der Waals surface area contributed by atoms with Crippen molar-refractivity contribution in [3.63, 3.8) is 0 Å². The Balaban J connectivity index is 1.83. The number of aliphatic hydroxyl groups is 1. The van der Waals surface area contributed by atoms with Crippen LogP contribution in [0.4, 0.5) is 4.39 Å². The third-order valence-electron chi connectivity index (χ3n) is 3.75. The first-order valence-electron chi connectivity index (χ1n) is 6.98. The van der Waals surface area contributed by atoms with E-state index in [0.29, 0.717) is 17.2 Å². The van der Waals surface area contributed by atoms with Crippen molar-refractivity contribution in [2.75, 3.05) is 6.61 Å².